The number of nitrogens with zero attached hydrogens (tertiary/aromatic N) is 4. The van der Waals surface area contributed by atoms with Crippen molar-refractivity contribution in [2.75, 3.05) is 5.32 Å². The molecule has 7 nitrogen and oxygen atoms in total. The van der Waals surface area contributed by atoms with E-state index in [0.717, 1.165) is 0 Å². The fourth-order valence-electron chi connectivity index (χ4n) is 1.55. The molecule has 0 aliphatic carbocycles. The van der Waals surface area contributed by atoms with Gasteiger partial charge in [-0.15, -0.1) is 5.10 Å². The standard InChI is InChI=1S/C12H15FN6O/c1-7(2)11(14)12(20)16-10-5-8(3-4-9(10)13)19-6-15-17-18-19/h3-7,11H,14H2,1-2H3,(H,16,20)/t11-/m1/s1. The smallest absolute Gasteiger partial charge is 0.241 e. The Morgan fingerprint density at radius 3 is 2.80 bits per heavy atom. The van der Waals surface area contributed by atoms with Crippen LogP contribution in [0.3, 0.4) is 0 Å². The van der Waals surface area contributed by atoms with Crippen molar-refractivity contribution in [3.63, 3.8) is 0 Å². The molecule has 2 aromatic rings. The Morgan fingerprint density at radius 2 is 2.20 bits per heavy atom. The van der Waals surface area contributed by atoms with Crippen molar-refractivity contribution in [3.8, 4) is 5.69 Å². The van der Waals surface area contributed by atoms with E-state index in [1.54, 1.807) is 0 Å². The summed E-state index contributed by atoms with van der Waals surface area (Å²) in [6.45, 7) is 3.64. The van der Waals surface area contributed by atoms with Crippen LogP contribution in [0.15, 0.2) is 24.5 Å². The average Bonchev–Trinajstić information content (AvgIpc) is 2.94. The number of rotatable bonds is 4. The van der Waals surface area contributed by atoms with E-state index >= 15 is 0 Å². The number of carbonyl (C=O) groups is 1. The number of halogens is 1. The van der Waals surface area contributed by atoms with Crippen LogP contribution in [0.1, 0.15) is 13.8 Å². The predicted octanol–water partition coefficient (Wildman–Crippen LogP) is 0.723. The largest absolute Gasteiger partial charge is 0.322 e. The molecule has 1 heterocycles. The molecule has 0 unspecified atom stereocenters. The van der Waals surface area contributed by atoms with Crippen LogP contribution < -0.4 is 11.1 Å². The molecule has 0 aliphatic rings. The van der Waals surface area contributed by atoms with Gasteiger partial charge in [-0.25, -0.2) is 9.07 Å². The number of anilines is 1. The lowest BCUT2D eigenvalue weighted by molar-refractivity contribution is -0.118. The SMILES string of the molecule is CC(C)[C@@H](N)C(=O)Nc1cc(-n2cnnn2)ccc1F. The summed E-state index contributed by atoms with van der Waals surface area (Å²) in [6.07, 6.45) is 1.37. The minimum absolute atomic E-state index is 0.0408. The second kappa shape index (κ2) is 5.74. The Bertz CT molecular complexity index is 598. The summed E-state index contributed by atoms with van der Waals surface area (Å²) in [6, 6.07) is 3.47. The van der Waals surface area contributed by atoms with Crippen LogP contribution in [-0.4, -0.2) is 32.2 Å². The van der Waals surface area contributed by atoms with Gasteiger partial charge in [0.1, 0.15) is 12.1 Å². The summed E-state index contributed by atoms with van der Waals surface area (Å²) < 4.78 is 15.1. The zero-order valence-electron chi connectivity index (χ0n) is 11.1. The summed E-state index contributed by atoms with van der Waals surface area (Å²) in [5.41, 5.74) is 6.29. The van der Waals surface area contributed by atoms with E-state index in [0.29, 0.717) is 5.69 Å². The molecule has 0 saturated heterocycles. The maximum Gasteiger partial charge on any atom is 0.241 e. The molecule has 1 amide bonds. The van der Waals surface area contributed by atoms with Gasteiger partial charge in [0.25, 0.3) is 0 Å². The Labute approximate surface area is 115 Å². The molecule has 0 saturated carbocycles. The molecule has 106 valence electrons. The first kappa shape index (κ1) is 14.1. The van der Waals surface area contributed by atoms with E-state index < -0.39 is 17.8 Å². The lowest BCUT2D eigenvalue weighted by Crippen LogP contribution is -2.39. The summed E-state index contributed by atoms with van der Waals surface area (Å²) in [5.74, 6) is -1.03. The van der Waals surface area contributed by atoms with Gasteiger partial charge in [0, 0.05) is 0 Å². The Kier molecular flexibility index (Phi) is 4.04. The molecule has 0 radical (unpaired) electrons. The first-order chi connectivity index (χ1) is 9.49. The summed E-state index contributed by atoms with van der Waals surface area (Å²) in [4.78, 5) is 11.9. The number of carbonyl (C=O) groups excluding carboxylic acids is 1. The maximum atomic E-state index is 13.7. The van der Waals surface area contributed by atoms with Gasteiger partial charge in [-0.05, 0) is 34.5 Å². The average molecular weight is 278 g/mol. The molecule has 0 spiro atoms. The first-order valence-corrected chi connectivity index (χ1v) is 6.08. The normalized spacial score (nSPS) is 12.4. The molecule has 20 heavy (non-hydrogen) atoms. The Balaban J connectivity index is 2.24. The van der Waals surface area contributed by atoms with Crippen LogP contribution in [0.5, 0.6) is 0 Å². The van der Waals surface area contributed by atoms with Gasteiger partial charge < -0.3 is 11.1 Å². The van der Waals surface area contributed by atoms with E-state index in [2.05, 4.69) is 20.8 Å². The molecular formula is C12H15FN6O. The van der Waals surface area contributed by atoms with E-state index in [9.17, 15) is 9.18 Å². The highest BCUT2D eigenvalue weighted by atomic mass is 19.1. The van der Waals surface area contributed by atoms with Crippen molar-refractivity contribution in [2.45, 2.75) is 19.9 Å². The van der Waals surface area contributed by atoms with Gasteiger partial charge >= 0.3 is 0 Å². The number of benzene rings is 1. The molecule has 1 aromatic carbocycles. The van der Waals surface area contributed by atoms with Crippen molar-refractivity contribution in [1.82, 2.24) is 20.2 Å². The highest BCUT2D eigenvalue weighted by molar-refractivity contribution is 5.95. The van der Waals surface area contributed by atoms with Crippen LogP contribution in [0.4, 0.5) is 10.1 Å². The van der Waals surface area contributed by atoms with Gasteiger partial charge in [0.2, 0.25) is 5.91 Å². The number of hydrogen-bond donors (Lipinski definition) is 2. The molecule has 2 rings (SSSR count). The van der Waals surface area contributed by atoms with Gasteiger partial charge in [0.15, 0.2) is 0 Å². The van der Waals surface area contributed by atoms with Crippen LogP contribution in [0, 0.1) is 11.7 Å². The van der Waals surface area contributed by atoms with E-state index in [4.69, 9.17) is 5.73 Å². The zero-order valence-corrected chi connectivity index (χ0v) is 11.1. The Hall–Kier alpha value is -2.35. The number of hydrogen-bond acceptors (Lipinski definition) is 5. The molecule has 1 aromatic heterocycles. The molecule has 1 atom stereocenters. The highest BCUT2D eigenvalue weighted by Gasteiger charge is 2.18. The quantitative estimate of drug-likeness (QED) is 0.858. The number of amides is 1. The third kappa shape index (κ3) is 2.97. The van der Waals surface area contributed by atoms with Gasteiger partial charge in [-0.1, -0.05) is 13.8 Å². The summed E-state index contributed by atoms with van der Waals surface area (Å²) >= 11 is 0. The van der Waals surface area contributed by atoms with Crippen molar-refractivity contribution in [3.05, 3.63) is 30.3 Å². The molecule has 0 aliphatic heterocycles. The molecular weight excluding hydrogens is 263 g/mol. The Morgan fingerprint density at radius 1 is 1.45 bits per heavy atom. The predicted molar refractivity (Wildman–Crippen MR) is 70.6 cm³/mol. The molecule has 3 N–H and O–H groups in total. The lowest BCUT2D eigenvalue weighted by atomic mass is 10.0. The van der Waals surface area contributed by atoms with Gasteiger partial charge in [0.05, 0.1) is 17.4 Å². The van der Waals surface area contributed by atoms with Crippen molar-refractivity contribution in [2.24, 2.45) is 11.7 Å². The fourth-order valence-corrected chi connectivity index (χ4v) is 1.55. The number of tetrazole rings is 1. The summed E-state index contributed by atoms with van der Waals surface area (Å²) in [5, 5.41) is 13.2. The third-order valence-electron chi connectivity index (χ3n) is 2.84. The van der Waals surface area contributed by atoms with Crippen LogP contribution in [0.2, 0.25) is 0 Å². The van der Waals surface area contributed by atoms with Crippen LogP contribution >= 0.6 is 0 Å². The highest BCUT2D eigenvalue weighted by Crippen LogP contribution is 2.18. The van der Waals surface area contributed by atoms with E-state index in [1.807, 2.05) is 13.8 Å². The number of nitrogens with two attached hydrogens (primary N) is 1. The third-order valence-corrected chi connectivity index (χ3v) is 2.84. The molecule has 0 fully saturated rings. The van der Waals surface area contributed by atoms with Crippen LogP contribution in [-0.2, 0) is 4.79 Å². The lowest BCUT2D eigenvalue weighted by Gasteiger charge is -2.16. The minimum Gasteiger partial charge on any atom is -0.322 e. The maximum absolute atomic E-state index is 13.7. The minimum atomic E-state index is -0.703. The second-order valence-corrected chi connectivity index (χ2v) is 4.68. The van der Waals surface area contributed by atoms with E-state index in [1.165, 1.54) is 29.2 Å². The van der Waals surface area contributed by atoms with Gasteiger partial charge in [-0.2, -0.15) is 0 Å². The van der Waals surface area contributed by atoms with Crippen LogP contribution in [0.25, 0.3) is 5.69 Å². The van der Waals surface area contributed by atoms with Crippen molar-refractivity contribution >= 4 is 11.6 Å². The first-order valence-electron chi connectivity index (χ1n) is 6.08. The monoisotopic (exact) mass is 278 g/mol. The summed E-state index contributed by atoms with van der Waals surface area (Å²) in [7, 11) is 0. The number of aromatic nitrogens is 4. The van der Waals surface area contributed by atoms with Crippen molar-refractivity contribution in [1.29, 1.82) is 0 Å². The van der Waals surface area contributed by atoms with Crippen molar-refractivity contribution < 1.29 is 9.18 Å². The number of nitrogens with one attached hydrogen (secondary N) is 1. The second-order valence-electron chi connectivity index (χ2n) is 4.68. The van der Waals surface area contributed by atoms with Gasteiger partial charge in [-0.3, -0.25) is 4.79 Å². The fraction of sp³-hybridized carbons (Fsp3) is 0.333. The zero-order chi connectivity index (χ0) is 14.7. The van der Waals surface area contributed by atoms with E-state index in [-0.39, 0.29) is 11.6 Å². The topological polar surface area (TPSA) is 98.7 Å². The molecule has 8 heteroatoms. The molecule has 0 bridgehead atoms.